The van der Waals surface area contributed by atoms with Gasteiger partial charge in [-0.3, -0.25) is 9.05 Å². The first-order valence-electron chi connectivity index (χ1n) is 24.8. The topological polar surface area (TPSA) is 100 Å². The average Bonchev–Trinajstić information content (AvgIpc) is 1.34. The lowest BCUT2D eigenvalue weighted by atomic mass is 9.87. The molecule has 0 saturated carbocycles. The number of phosphoric ester groups is 1. The van der Waals surface area contributed by atoms with Crippen LogP contribution in [0.25, 0.3) is 0 Å². The number of alkyl halides is 34. The molecule has 0 aromatic carbocycles. The minimum absolute atomic E-state index is 0.0297. The van der Waals surface area contributed by atoms with Crippen molar-refractivity contribution in [2.45, 2.75) is 230 Å². The number of rotatable bonds is 45. The van der Waals surface area contributed by atoms with Crippen LogP contribution in [0.5, 0.6) is 0 Å². The summed E-state index contributed by atoms with van der Waals surface area (Å²) in [6, 6.07) is 0. The molecule has 1 unspecified atom stereocenters. The van der Waals surface area contributed by atoms with E-state index in [2.05, 4.69) is 4.52 Å². The molecule has 0 fully saturated rings. The summed E-state index contributed by atoms with van der Waals surface area (Å²) < 4.78 is 490. The number of hydrogen-bond acceptors (Lipinski definition) is 6. The molecule has 0 amide bonds. The third-order valence-electron chi connectivity index (χ3n) is 12.4. The zero-order chi connectivity index (χ0) is 67.3. The zero-order valence-electron chi connectivity index (χ0n) is 43.3. The Morgan fingerprint density at radius 2 is 0.553 bits per heavy atom. The van der Waals surface area contributed by atoms with Crippen molar-refractivity contribution < 1.29 is 177 Å². The van der Waals surface area contributed by atoms with Gasteiger partial charge >= 0.3 is 103 Å². The Morgan fingerprint density at radius 1 is 0.306 bits per heavy atom. The summed E-state index contributed by atoms with van der Waals surface area (Å²) >= 11 is 0. The standard InChI is InChI=1S/C43H56F34NO6P/c44-28(45,30(48,49)32(52,53)34(56,57)36(60,61)38(64,65)40(68,69)42(72,73)74)19-15-11-7-3-1-5-9-13-17-22-81-25-27(26-84-85(79,80)83-24-21-78)82-23-18-14-10-6-2-4-8-12-16-20-29(46,47)31(50,51)33(54,55)35(58,59)37(62,63)39(66,67)41(70,71)43(75,76)77/h27H,1-26,78H2,(H,79,80)/t27-/m1/s1. The average molecular weight is 1360 g/mol. The van der Waals surface area contributed by atoms with Gasteiger partial charge in [0.15, 0.2) is 0 Å². The number of hydrogen-bond donors (Lipinski definition) is 2. The summed E-state index contributed by atoms with van der Waals surface area (Å²) in [6.07, 6.45) is -21.7. The minimum Gasteiger partial charge on any atom is -0.379 e. The first-order valence-corrected chi connectivity index (χ1v) is 26.3. The van der Waals surface area contributed by atoms with Crippen molar-refractivity contribution in [2.24, 2.45) is 5.73 Å². The van der Waals surface area contributed by atoms with Crippen LogP contribution < -0.4 is 5.73 Å². The van der Waals surface area contributed by atoms with Crippen LogP contribution in [0.2, 0.25) is 0 Å². The second-order valence-electron chi connectivity index (χ2n) is 19.1. The Kier molecular flexibility index (Phi) is 29.3. The number of halogens is 34. The van der Waals surface area contributed by atoms with E-state index in [4.69, 9.17) is 19.7 Å². The molecular formula is C43H56F34NO6P. The second-order valence-corrected chi connectivity index (χ2v) is 20.6. The van der Waals surface area contributed by atoms with Crippen LogP contribution >= 0.6 is 7.82 Å². The molecule has 0 saturated heterocycles. The van der Waals surface area contributed by atoms with E-state index >= 15 is 0 Å². The fourth-order valence-electron chi connectivity index (χ4n) is 7.17. The normalized spacial score (nSPS) is 16.3. The maximum Gasteiger partial charge on any atom is 0.472 e. The second kappa shape index (κ2) is 30.2. The summed E-state index contributed by atoms with van der Waals surface area (Å²) in [5.41, 5.74) is 5.20. The minimum atomic E-state index is -8.71. The molecule has 0 aromatic heterocycles. The maximum absolute atomic E-state index is 14.1. The monoisotopic (exact) mass is 1360 g/mol. The van der Waals surface area contributed by atoms with E-state index in [1.54, 1.807) is 0 Å². The van der Waals surface area contributed by atoms with Crippen LogP contribution in [0.4, 0.5) is 149 Å². The largest absolute Gasteiger partial charge is 0.472 e. The molecule has 512 valence electrons. The molecule has 3 N–H and O–H groups in total. The van der Waals surface area contributed by atoms with Crippen molar-refractivity contribution in [3.05, 3.63) is 0 Å². The van der Waals surface area contributed by atoms with Gasteiger partial charge in [0, 0.05) is 32.6 Å². The van der Waals surface area contributed by atoms with Crippen LogP contribution in [0, 0.1) is 0 Å². The fourth-order valence-corrected chi connectivity index (χ4v) is 7.94. The van der Waals surface area contributed by atoms with Gasteiger partial charge < -0.3 is 20.1 Å². The van der Waals surface area contributed by atoms with Crippen molar-refractivity contribution in [3.63, 3.8) is 0 Å². The number of unbranched alkanes of at least 4 members (excludes halogenated alkanes) is 16. The number of nitrogens with two attached hydrogens (primary N) is 1. The summed E-state index contributed by atoms with van der Waals surface area (Å²) in [4.78, 5) is 9.80. The highest BCUT2D eigenvalue weighted by atomic mass is 31.2. The van der Waals surface area contributed by atoms with E-state index in [-0.39, 0.29) is 58.5 Å². The van der Waals surface area contributed by atoms with Crippen LogP contribution in [0.15, 0.2) is 0 Å². The molecule has 0 rings (SSSR count). The number of phosphoric acid groups is 1. The lowest BCUT2D eigenvalue weighted by Gasteiger charge is -2.42. The molecular weight excluding hydrogens is 1300 g/mol. The van der Waals surface area contributed by atoms with E-state index < -0.39 is 161 Å². The third kappa shape index (κ3) is 18.4. The van der Waals surface area contributed by atoms with E-state index in [0.717, 1.165) is 0 Å². The molecule has 0 spiro atoms. The zero-order valence-corrected chi connectivity index (χ0v) is 44.2. The van der Waals surface area contributed by atoms with Gasteiger partial charge in [-0.15, -0.1) is 0 Å². The van der Waals surface area contributed by atoms with Crippen molar-refractivity contribution in [1.29, 1.82) is 0 Å². The van der Waals surface area contributed by atoms with E-state index in [0.29, 0.717) is 57.8 Å². The first-order chi connectivity index (χ1) is 37.8. The molecule has 0 aromatic rings. The summed E-state index contributed by atoms with van der Waals surface area (Å²) in [5, 5.41) is 0. The van der Waals surface area contributed by atoms with Crippen LogP contribution in [0.1, 0.15) is 128 Å². The quantitative estimate of drug-likeness (QED) is 0.0356. The SMILES string of the molecule is NCCOP(=O)(O)OC[C@@H](COCCCCCCCCCCCC(F)(F)C(F)(F)C(F)(F)C(F)(F)C(F)(F)C(F)(F)C(F)(F)C(F)(F)F)OCCCCCCCCCCCC(F)(F)C(F)(F)C(F)(F)C(F)(F)C(F)(F)C(F)(F)C(F)(F)C(F)(F)F. The fraction of sp³-hybridized carbons (Fsp3) is 1.00. The van der Waals surface area contributed by atoms with Gasteiger partial charge in [0.05, 0.1) is 19.8 Å². The molecule has 0 radical (unpaired) electrons. The van der Waals surface area contributed by atoms with Gasteiger partial charge in [-0.2, -0.15) is 149 Å². The van der Waals surface area contributed by atoms with Gasteiger partial charge in [0.1, 0.15) is 6.10 Å². The third-order valence-corrected chi connectivity index (χ3v) is 13.4. The Hall–Kier alpha value is -2.39. The van der Waals surface area contributed by atoms with E-state index in [9.17, 15) is 159 Å². The Balaban J connectivity index is 4.95. The smallest absolute Gasteiger partial charge is 0.379 e. The lowest BCUT2D eigenvalue weighted by Crippen LogP contribution is -2.74. The van der Waals surface area contributed by atoms with Gasteiger partial charge in [-0.25, -0.2) is 4.57 Å². The molecule has 0 heterocycles. The summed E-state index contributed by atoms with van der Waals surface area (Å²) in [7, 11) is -4.64. The maximum atomic E-state index is 14.1. The molecule has 2 atom stereocenters. The Morgan fingerprint density at radius 3 is 0.835 bits per heavy atom. The molecule has 0 aliphatic carbocycles. The molecule has 7 nitrogen and oxygen atoms in total. The Bertz CT molecular complexity index is 2020. The molecule has 85 heavy (non-hydrogen) atoms. The van der Waals surface area contributed by atoms with E-state index in [1.807, 2.05) is 0 Å². The summed E-state index contributed by atoms with van der Waals surface area (Å²) in [6.45, 7) is -1.44. The molecule has 0 aliphatic rings. The highest BCUT2D eigenvalue weighted by Crippen LogP contribution is 2.66. The number of ether oxygens (including phenoxy) is 2. The lowest BCUT2D eigenvalue weighted by molar-refractivity contribution is -0.461. The van der Waals surface area contributed by atoms with Crippen molar-refractivity contribution >= 4 is 7.82 Å². The van der Waals surface area contributed by atoms with Crippen molar-refractivity contribution in [1.82, 2.24) is 0 Å². The van der Waals surface area contributed by atoms with Crippen LogP contribution in [0.3, 0.4) is 0 Å². The predicted molar refractivity (Wildman–Crippen MR) is 225 cm³/mol. The highest BCUT2D eigenvalue weighted by molar-refractivity contribution is 7.47. The van der Waals surface area contributed by atoms with Gasteiger partial charge in [0.2, 0.25) is 0 Å². The predicted octanol–water partition coefficient (Wildman–Crippen LogP) is 18.3. The van der Waals surface area contributed by atoms with Crippen molar-refractivity contribution in [3.8, 4) is 0 Å². The Labute approximate surface area is 460 Å². The van der Waals surface area contributed by atoms with Crippen LogP contribution in [-0.4, -0.2) is 146 Å². The van der Waals surface area contributed by atoms with Crippen LogP contribution in [-0.2, 0) is 23.1 Å². The highest BCUT2D eigenvalue weighted by Gasteiger charge is 2.97. The van der Waals surface area contributed by atoms with Crippen molar-refractivity contribution in [2.75, 3.05) is 39.6 Å². The van der Waals surface area contributed by atoms with Gasteiger partial charge in [-0.1, -0.05) is 89.9 Å². The van der Waals surface area contributed by atoms with Gasteiger partial charge in [0.25, 0.3) is 0 Å². The van der Waals surface area contributed by atoms with Gasteiger partial charge in [-0.05, 0) is 25.7 Å². The summed E-state index contributed by atoms with van der Waals surface area (Å²) in [5.74, 6) is -113. The molecule has 42 heteroatoms. The molecule has 0 bridgehead atoms. The molecule has 0 aliphatic heterocycles. The first kappa shape index (κ1) is 82.6. The van der Waals surface area contributed by atoms with E-state index in [1.165, 1.54) is 0 Å².